The molecule has 0 spiro atoms. The fourth-order valence-corrected chi connectivity index (χ4v) is 5.40. The number of hydrogen-bond donors (Lipinski definition) is 1. The molecular formula is C28H31F6N3O3. The zero-order chi connectivity index (χ0) is 29.1. The fourth-order valence-electron chi connectivity index (χ4n) is 5.40. The topological polar surface area (TPSA) is 61.9 Å². The molecule has 4 rings (SSSR count). The Bertz CT molecular complexity index is 1160. The zero-order valence-electron chi connectivity index (χ0n) is 21.9. The van der Waals surface area contributed by atoms with Gasteiger partial charge in [0.25, 0.3) is 0 Å². The summed E-state index contributed by atoms with van der Waals surface area (Å²) in [4.78, 5) is 29.6. The molecule has 0 aromatic heterocycles. The first-order chi connectivity index (χ1) is 18.8. The largest absolute Gasteiger partial charge is 0.449 e. The van der Waals surface area contributed by atoms with Gasteiger partial charge in [-0.05, 0) is 61.9 Å². The third-order valence-electron chi connectivity index (χ3n) is 7.67. The van der Waals surface area contributed by atoms with Gasteiger partial charge in [-0.15, -0.1) is 0 Å². The molecule has 2 aliphatic heterocycles. The number of likely N-dealkylation sites (tertiary alicyclic amines) is 1. The summed E-state index contributed by atoms with van der Waals surface area (Å²) in [6.07, 6.45) is -8.44. The second-order valence-electron chi connectivity index (χ2n) is 10.2. The number of nitrogens with one attached hydrogen (secondary N) is 1. The van der Waals surface area contributed by atoms with Crippen LogP contribution in [0.2, 0.25) is 0 Å². The van der Waals surface area contributed by atoms with E-state index in [1.807, 2.05) is 11.0 Å². The van der Waals surface area contributed by atoms with Crippen LogP contribution in [-0.4, -0.2) is 60.6 Å². The minimum Gasteiger partial charge on any atom is -0.449 e. The summed E-state index contributed by atoms with van der Waals surface area (Å²) in [5.41, 5.74) is -3.42. The Labute approximate surface area is 228 Å². The highest BCUT2D eigenvalue weighted by Crippen LogP contribution is 2.37. The number of ether oxygens (including phenoxy) is 1. The lowest BCUT2D eigenvalue weighted by Gasteiger charge is -2.46. The van der Waals surface area contributed by atoms with Crippen molar-refractivity contribution in [3.05, 3.63) is 70.8 Å². The van der Waals surface area contributed by atoms with E-state index in [0.717, 1.165) is 6.42 Å². The number of amides is 2. The van der Waals surface area contributed by atoms with Gasteiger partial charge in [-0.2, -0.15) is 26.3 Å². The minimum absolute atomic E-state index is 0.0177. The molecule has 6 nitrogen and oxygen atoms in total. The van der Waals surface area contributed by atoms with E-state index in [1.54, 1.807) is 36.1 Å². The molecule has 0 saturated carbocycles. The van der Waals surface area contributed by atoms with Crippen molar-refractivity contribution < 1.29 is 40.7 Å². The van der Waals surface area contributed by atoms with Crippen LogP contribution in [0.3, 0.4) is 0 Å². The molecular weight excluding hydrogens is 540 g/mol. The quantitative estimate of drug-likeness (QED) is 0.440. The SMILES string of the molecule is CC(C(=O)NCCc1cc(C(F)(F)F)cc(C(F)(F)F)c1)(c1ccccc1)N1CCC(N2CCCOC2=O)CC1. The van der Waals surface area contributed by atoms with Crippen LogP contribution in [0.4, 0.5) is 31.1 Å². The van der Waals surface area contributed by atoms with Crippen LogP contribution in [-0.2, 0) is 33.8 Å². The number of benzene rings is 2. The van der Waals surface area contributed by atoms with Crippen LogP contribution in [0, 0.1) is 0 Å². The first kappa shape index (κ1) is 29.7. The Morgan fingerprint density at radius 2 is 1.52 bits per heavy atom. The number of rotatable bonds is 7. The van der Waals surface area contributed by atoms with Gasteiger partial charge in [-0.1, -0.05) is 30.3 Å². The van der Waals surface area contributed by atoms with E-state index >= 15 is 0 Å². The standard InChI is InChI=1S/C28H31F6N3O3/c1-26(20-6-3-2-4-7-20,36-13-9-23(10-14-36)37-12-5-15-40-25(37)39)24(38)35-11-8-19-16-21(27(29,30)31)18-22(17-19)28(32,33)34/h2-4,6-7,16-18,23H,5,8-15H2,1H3,(H,35,38). The molecule has 0 bridgehead atoms. The summed E-state index contributed by atoms with van der Waals surface area (Å²) < 4.78 is 84.6. The molecule has 2 amide bonds. The van der Waals surface area contributed by atoms with Crippen molar-refractivity contribution in [2.24, 2.45) is 0 Å². The van der Waals surface area contributed by atoms with Gasteiger partial charge in [0.2, 0.25) is 5.91 Å². The Hall–Kier alpha value is -3.28. The second-order valence-corrected chi connectivity index (χ2v) is 10.2. The van der Waals surface area contributed by atoms with Crippen LogP contribution in [0.5, 0.6) is 0 Å². The number of alkyl halides is 6. The highest BCUT2D eigenvalue weighted by Gasteiger charge is 2.44. The Balaban J connectivity index is 1.48. The van der Waals surface area contributed by atoms with Gasteiger partial charge in [0.05, 0.1) is 17.7 Å². The first-order valence-corrected chi connectivity index (χ1v) is 13.1. The van der Waals surface area contributed by atoms with E-state index in [2.05, 4.69) is 5.32 Å². The van der Waals surface area contributed by atoms with E-state index < -0.39 is 34.9 Å². The average molecular weight is 572 g/mol. The Morgan fingerprint density at radius 1 is 0.925 bits per heavy atom. The Kier molecular flexibility index (Phi) is 8.67. The van der Waals surface area contributed by atoms with Crippen molar-refractivity contribution in [3.8, 4) is 0 Å². The van der Waals surface area contributed by atoms with Crippen molar-refractivity contribution in [1.29, 1.82) is 0 Å². The van der Waals surface area contributed by atoms with Crippen LogP contribution >= 0.6 is 0 Å². The summed E-state index contributed by atoms with van der Waals surface area (Å²) >= 11 is 0. The summed E-state index contributed by atoms with van der Waals surface area (Å²) in [5, 5.41) is 2.74. The fraction of sp³-hybridized carbons (Fsp3) is 0.500. The van der Waals surface area contributed by atoms with E-state index in [0.29, 0.717) is 56.8 Å². The molecule has 2 aromatic rings. The highest BCUT2D eigenvalue weighted by atomic mass is 19.4. The third kappa shape index (κ3) is 6.54. The molecule has 1 unspecified atom stereocenters. The molecule has 1 N–H and O–H groups in total. The normalized spacial score (nSPS) is 19.2. The van der Waals surface area contributed by atoms with Crippen LogP contribution in [0.25, 0.3) is 0 Å². The maximum Gasteiger partial charge on any atom is 0.416 e. The monoisotopic (exact) mass is 571 g/mol. The molecule has 2 aromatic carbocycles. The molecule has 2 saturated heterocycles. The first-order valence-electron chi connectivity index (χ1n) is 13.1. The average Bonchev–Trinajstić information content (AvgIpc) is 2.92. The zero-order valence-corrected chi connectivity index (χ0v) is 21.9. The summed E-state index contributed by atoms with van der Waals surface area (Å²) in [7, 11) is 0. The van der Waals surface area contributed by atoms with Gasteiger partial charge in [-0.3, -0.25) is 9.69 Å². The van der Waals surface area contributed by atoms with Crippen molar-refractivity contribution in [3.63, 3.8) is 0 Å². The minimum atomic E-state index is -4.94. The number of halogens is 6. The van der Waals surface area contributed by atoms with Crippen LogP contribution in [0.1, 0.15) is 48.4 Å². The van der Waals surface area contributed by atoms with Crippen LogP contribution in [0.15, 0.2) is 48.5 Å². The molecule has 2 fully saturated rings. The lowest BCUT2D eigenvalue weighted by atomic mass is 9.86. The molecule has 218 valence electrons. The number of carbonyl (C=O) groups excluding carboxylic acids is 2. The van der Waals surface area contributed by atoms with Crippen molar-refractivity contribution in [1.82, 2.24) is 15.1 Å². The second kappa shape index (κ2) is 11.7. The smallest absolute Gasteiger partial charge is 0.416 e. The van der Waals surface area contributed by atoms with Gasteiger partial charge in [-0.25, -0.2) is 4.79 Å². The highest BCUT2D eigenvalue weighted by molar-refractivity contribution is 5.87. The van der Waals surface area contributed by atoms with Crippen LogP contribution < -0.4 is 5.32 Å². The number of carbonyl (C=O) groups is 2. The number of piperidine rings is 1. The van der Waals surface area contributed by atoms with Gasteiger partial charge in [0, 0.05) is 32.2 Å². The maximum absolute atomic E-state index is 13.6. The van der Waals surface area contributed by atoms with Crippen molar-refractivity contribution in [2.45, 2.75) is 56.5 Å². The van der Waals surface area contributed by atoms with E-state index in [-0.39, 0.29) is 36.7 Å². The molecule has 2 heterocycles. The predicted octanol–water partition coefficient (Wildman–Crippen LogP) is 5.61. The molecule has 1 atom stereocenters. The molecule has 0 radical (unpaired) electrons. The Morgan fingerprint density at radius 3 is 2.08 bits per heavy atom. The molecule has 40 heavy (non-hydrogen) atoms. The van der Waals surface area contributed by atoms with Gasteiger partial charge < -0.3 is 15.0 Å². The van der Waals surface area contributed by atoms with Crippen molar-refractivity contribution >= 4 is 12.0 Å². The lowest BCUT2D eigenvalue weighted by molar-refractivity contribution is -0.143. The number of nitrogens with zero attached hydrogens (tertiary/aromatic N) is 2. The number of cyclic esters (lactones) is 1. The van der Waals surface area contributed by atoms with E-state index in [9.17, 15) is 35.9 Å². The molecule has 2 aliphatic rings. The van der Waals surface area contributed by atoms with E-state index in [4.69, 9.17) is 4.74 Å². The number of hydrogen-bond acceptors (Lipinski definition) is 4. The van der Waals surface area contributed by atoms with E-state index in [1.165, 1.54) is 0 Å². The maximum atomic E-state index is 13.6. The summed E-state index contributed by atoms with van der Waals surface area (Å²) in [5.74, 6) is -0.419. The predicted molar refractivity (Wildman–Crippen MR) is 134 cm³/mol. The molecule has 0 aliphatic carbocycles. The van der Waals surface area contributed by atoms with Crippen molar-refractivity contribution in [2.75, 3.05) is 32.8 Å². The summed E-state index contributed by atoms with van der Waals surface area (Å²) in [6, 6.07) is 10.4. The lowest BCUT2D eigenvalue weighted by Crippen LogP contribution is -2.59. The van der Waals surface area contributed by atoms with Gasteiger partial charge >= 0.3 is 18.4 Å². The third-order valence-corrected chi connectivity index (χ3v) is 7.67. The molecule has 12 heteroatoms. The van der Waals surface area contributed by atoms with Gasteiger partial charge in [0.15, 0.2) is 0 Å². The summed E-state index contributed by atoms with van der Waals surface area (Å²) in [6.45, 7) is 3.60. The van der Waals surface area contributed by atoms with Gasteiger partial charge in [0.1, 0.15) is 5.54 Å².